The fourth-order valence-corrected chi connectivity index (χ4v) is 3.56. The van der Waals surface area contributed by atoms with E-state index in [0.717, 1.165) is 11.8 Å². The van der Waals surface area contributed by atoms with Crippen molar-refractivity contribution in [3.05, 3.63) is 0 Å². The highest BCUT2D eigenvalue weighted by Gasteiger charge is 2.18. The monoisotopic (exact) mass is 262 g/mol. The summed E-state index contributed by atoms with van der Waals surface area (Å²) in [5.41, 5.74) is 0. The van der Waals surface area contributed by atoms with Crippen LogP contribution in [0.15, 0.2) is 0 Å². The third-order valence-electron chi connectivity index (χ3n) is 3.17. The van der Waals surface area contributed by atoms with Crippen molar-refractivity contribution in [2.75, 3.05) is 37.7 Å². The smallest absolute Gasteiger partial charge is 0.0227 e. The molecular weight excluding hydrogens is 236 g/mol. The van der Waals surface area contributed by atoms with Gasteiger partial charge in [-0.3, -0.25) is 0 Å². The van der Waals surface area contributed by atoms with Crippen molar-refractivity contribution in [1.82, 2.24) is 8.61 Å². The second-order valence-electron chi connectivity index (χ2n) is 4.79. The van der Waals surface area contributed by atoms with Crippen LogP contribution in [0.1, 0.15) is 27.7 Å². The van der Waals surface area contributed by atoms with Crippen LogP contribution in [0.5, 0.6) is 0 Å². The number of rotatable bonds is 6. The molecule has 4 heteroatoms. The Morgan fingerprint density at radius 3 is 1.88 bits per heavy atom. The quantitative estimate of drug-likeness (QED) is 0.678. The average Bonchev–Trinajstić information content (AvgIpc) is 2.28. The van der Waals surface area contributed by atoms with Crippen LogP contribution in [0, 0.1) is 11.8 Å². The largest absolute Gasteiger partial charge is 0.248 e. The van der Waals surface area contributed by atoms with E-state index in [2.05, 4.69) is 48.3 Å². The first-order valence-electron chi connectivity index (χ1n) is 6.39. The summed E-state index contributed by atoms with van der Waals surface area (Å²) in [6.07, 6.45) is 0. The van der Waals surface area contributed by atoms with Crippen molar-refractivity contribution in [2.24, 2.45) is 11.8 Å². The van der Waals surface area contributed by atoms with Gasteiger partial charge in [0.05, 0.1) is 0 Å². The maximum Gasteiger partial charge on any atom is 0.0227 e. The molecule has 1 atom stereocenters. The summed E-state index contributed by atoms with van der Waals surface area (Å²) >= 11 is 4.03. The number of hydrogen-bond donors (Lipinski definition) is 0. The van der Waals surface area contributed by atoms with Crippen LogP contribution in [-0.4, -0.2) is 46.3 Å². The SMILES string of the molecule is CCSN1CCN(SCC(C)C(C)C)CC1. The summed E-state index contributed by atoms with van der Waals surface area (Å²) in [7, 11) is 0. The molecule has 0 aromatic heterocycles. The van der Waals surface area contributed by atoms with Gasteiger partial charge in [0, 0.05) is 37.7 Å². The maximum atomic E-state index is 2.55. The van der Waals surface area contributed by atoms with Gasteiger partial charge < -0.3 is 0 Å². The standard InChI is InChI=1S/C12H26N2S2/c1-5-15-13-6-8-14(9-7-13)16-10-12(4)11(2)3/h11-12H,5-10H2,1-4H3. The third-order valence-corrected chi connectivity index (χ3v) is 5.56. The van der Waals surface area contributed by atoms with Gasteiger partial charge >= 0.3 is 0 Å². The van der Waals surface area contributed by atoms with Crippen molar-refractivity contribution in [2.45, 2.75) is 27.7 Å². The Labute approximate surface area is 110 Å². The van der Waals surface area contributed by atoms with Gasteiger partial charge in [0.15, 0.2) is 0 Å². The molecule has 1 aliphatic heterocycles. The predicted octanol–water partition coefficient (Wildman–Crippen LogP) is 3.21. The van der Waals surface area contributed by atoms with Gasteiger partial charge in [-0.25, -0.2) is 8.61 Å². The molecule has 1 heterocycles. The summed E-state index contributed by atoms with van der Waals surface area (Å²) < 4.78 is 5.05. The van der Waals surface area contributed by atoms with Gasteiger partial charge in [-0.15, -0.1) is 0 Å². The molecule has 0 saturated carbocycles. The highest BCUT2D eigenvalue weighted by atomic mass is 32.2. The van der Waals surface area contributed by atoms with E-state index < -0.39 is 0 Å². The molecule has 1 saturated heterocycles. The molecule has 1 rings (SSSR count). The molecule has 96 valence electrons. The average molecular weight is 262 g/mol. The minimum absolute atomic E-state index is 0.810. The molecular formula is C12H26N2S2. The molecule has 0 radical (unpaired) electrons. The van der Waals surface area contributed by atoms with Crippen molar-refractivity contribution in [3.8, 4) is 0 Å². The molecule has 0 N–H and O–H groups in total. The van der Waals surface area contributed by atoms with Crippen molar-refractivity contribution in [3.63, 3.8) is 0 Å². The van der Waals surface area contributed by atoms with Crippen LogP contribution in [-0.2, 0) is 0 Å². The van der Waals surface area contributed by atoms with Crippen LogP contribution in [0.3, 0.4) is 0 Å². The summed E-state index contributed by atoms with van der Waals surface area (Å²) in [6.45, 7) is 14.1. The van der Waals surface area contributed by atoms with Gasteiger partial charge in [0.25, 0.3) is 0 Å². The minimum atomic E-state index is 0.810. The van der Waals surface area contributed by atoms with Gasteiger partial charge in [0.1, 0.15) is 0 Å². The molecule has 0 spiro atoms. The number of hydrogen-bond acceptors (Lipinski definition) is 4. The first-order valence-corrected chi connectivity index (χ1v) is 8.27. The predicted molar refractivity (Wildman–Crippen MR) is 77.7 cm³/mol. The Bertz CT molecular complexity index is 180. The van der Waals surface area contributed by atoms with E-state index in [4.69, 9.17) is 0 Å². The highest BCUT2D eigenvalue weighted by Crippen LogP contribution is 2.22. The Morgan fingerprint density at radius 1 is 0.938 bits per heavy atom. The Balaban J connectivity index is 2.12. The molecule has 1 aliphatic rings. The first kappa shape index (κ1) is 14.7. The third kappa shape index (κ3) is 5.30. The molecule has 0 aromatic carbocycles. The number of piperazine rings is 1. The van der Waals surface area contributed by atoms with Gasteiger partial charge in [-0.1, -0.05) is 51.6 Å². The summed E-state index contributed by atoms with van der Waals surface area (Å²) in [4.78, 5) is 0. The zero-order valence-electron chi connectivity index (χ0n) is 11.1. The summed E-state index contributed by atoms with van der Waals surface area (Å²) in [6, 6.07) is 0. The van der Waals surface area contributed by atoms with E-state index in [-0.39, 0.29) is 0 Å². The molecule has 1 unspecified atom stereocenters. The van der Waals surface area contributed by atoms with Crippen LogP contribution < -0.4 is 0 Å². The lowest BCUT2D eigenvalue weighted by Crippen LogP contribution is -2.40. The Morgan fingerprint density at radius 2 is 1.44 bits per heavy atom. The Hall–Kier alpha value is 0.620. The zero-order valence-corrected chi connectivity index (χ0v) is 12.7. The molecule has 16 heavy (non-hydrogen) atoms. The molecule has 0 aliphatic carbocycles. The highest BCUT2D eigenvalue weighted by molar-refractivity contribution is 7.97. The van der Waals surface area contributed by atoms with Crippen LogP contribution in [0.25, 0.3) is 0 Å². The van der Waals surface area contributed by atoms with Crippen LogP contribution in [0.2, 0.25) is 0 Å². The van der Waals surface area contributed by atoms with Crippen LogP contribution in [0.4, 0.5) is 0 Å². The first-order chi connectivity index (χ1) is 7.63. The second-order valence-corrected chi connectivity index (χ2v) is 7.25. The fraction of sp³-hybridized carbons (Fsp3) is 1.00. The summed E-state index contributed by atoms with van der Waals surface area (Å²) in [5.74, 6) is 4.12. The minimum Gasteiger partial charge on any atom is -0.248 e. The normalized spacial score (nSPS) is 21.6. The lowest BCUT2D eigenvalue weighted by molar-refractivity contribution is 0.307. The van der Waals surface area contributed by atoms with Crippen molar-refractivity contribution in [1.29, 1.82) is 0 Å². The van der Waals surface area contributed by atoms with E-state index in [0.29, 0.717) is 0 Å². The number of nitrogens with zero attached hydrogens (tertiary/aromatic N) is 2. The van der Waals surface area contributed by atoms with E-state index in [1.54, 1.807) is 0 Å². The van der Waals surface area contributed by atoms with E-state index >= 15 is 0 Å². The fourth-order valence-electron chi connectivity index (χ4n) is 1.53. The second kappa shape index (κ2) is 7.85. The molecule has 0 aromatic rings. The molecule has 0 amide bonds. The Kier molecular flexibility index (Phi) is 7.20. The molecule has 2 nitrogen and oxygen atoms in total. The maximum absolute atomic E-state index is 2.55. The molecule has 1 fully saturated rings. The topological polar surface area (TPSA) is 6.48 Å². The van der Waals surface area contributed by atoms with Gasteiger partial charge in [-0.05, 0) is 11.8 Å². The summed E-state index contributed by atoms with van der Waals surface area (Å²) in [5, 5.41) is 0. The van der Waals surface area contributed by atoms with E-state index in [1.807, 2.05) is 11.9 Å². The van der Waals surface area contributed by atoms with Gasteiger partial charge in [0.2, 0.25) is 0 Å². The van der Waals surface area contributed by atoms with E-state index in [9.17, 15) is 0 Å². The van der Waals surface area contributed by atoms with Crippen molar-refractivity contribution < 1.29 is 0 Å². The van der Waals surface area contributed by atoms with Gasteiger partial charge in [-0.2, -0.15) is 0 Å². The lowest BCUT2D eigenvalue weighted by Gasteiger charge is -2.33. The lowest BCUT2D eigenvalue weighted by atomic mass is 10.0. The van der Waals surface area contributed by atoms with Crippen LogP contribution >= 0.6 is 23.9 Å². The van der Waals surface area contributed by atoms with E-state index in [1.165, 1.54) is 37.7 Å². The van der Waals surface area contributed by atoms with Crippen molar-refractivity contribution >= 4 is 23.9 Å². The zero-order chi connectivity index (χ0) is 12.0. The molecule has 0 bridgehead atoms.